The zero-order chi connectivity index (χ0) is 14.7. The normalized spacial score (nSPS) is 18.6. The van der Waals surface area contributed by atoms with Gasteiger partial charge in [-0.2, -0.15) is 16.7 Å². The number of nitro groups is 1. The van der Waals surface area contributed by atoms with Gasteiger partial charge < -0.3 is 14.7 Å². The molecule has 1 N–H and O–H groups in total. The summed E-state index contributed by atoms with van der Waals surface area (Å²) in [4.78, 5) is 27.3. The second kappa shape index (κ2) is 5.95. The Bertz CT molecular complexity index is 539. The molecular weight excluding hydrogens is 286 g/mol. The van der Waals surface area contributed by atoms with E-state index in [1.807, 2.05) is 0 Å². The first-order valence-electron chi connectivity index (χ1n) is 5.81. The van der Waals surface area contributed by atoms with Crippen LogP contribution in [0.25, 0.3) is 0 Å². The average molecular weight is 299 g/mol. The highest BCUT2D eigenvalue weighted by Gasteiger charge is 2.34. The smallest absolute Gasteiger partial charge is 0.327 e. The third-order valence-electron chi connectivity index (χ3n) is 2.92. The van der Waals surface area contributed by atoms with Gasteiger partial charge in [0, 0.05) is 30.2 Å². The lowest BCUT2D eigenvalue weighted by Gasteiger charge is -2.33. The first-order chi connectivity index (χ1) is 9.54. The minimum atomic E-state index is -1.02. The number of carboxylic acids is 1. The number of methoxy groups -OCH3 is 1. The molecule has 0 amide bonds. The Labute approximate surface area is 118 Å². The first-order valence-corrected chi connectivity index (χ1v) is 6.96. The van der Waals surface area contributed by atoms with Gasteiger partial charge in [-0.1, -0.05) is 0 Å². The zero-order valence-electron chi connectivity index (χ0n) is 10.7. The van der Waals surface area contributed by atoms with Crippen molar-refractivity contribution >= 4 is 29.2 Å². The topological polar surface area (TPSA) is 106 Å². The monoisotopic (exact) mass is 299 g/mol. The average Bonchev–Trinajstić information content (AvgIpc) is 2.46. The van der Waals surface area contributed by atoms with E-state index in [4.69, 9.17) is 4.74 Å². The summed E-state index contributed by atoms with van der Waals surface area (Å²) in [5.41, 5.74) is -0.219. The fraction of sp³-hybridized carbons (Fsp3) is 0.455. The molecule has 1 fully saturated rings. The Kier molecular flexibility index (Phi) is 4.28. The van der Waals surface area contributed by atoms with E-state index in [1.165, 1.54) is 35.9 Å². The standard InChI is InChI=1S/C11H13N3O5S/c1-19-9-3-2-7(14(17)18)10(12-9)13-4-5-20-6-8(13)11(15)16/h2-3,8H,4-6H2,1H3,(H,15,16). The van der Waals surface area contributed by atoms with Crippen LogP contribution < -0.4 is 9.64 Å². The molecule has 1 atom stereocenters. The molecule has 1 aliphatic heterocycles. The summed E-state index contributed by atoms with van der Waals surface area (Å²) >= 11 is 1.50. The molecule has 1 aliphatic rings. The molecule has 1 aromatic rings. The van der Waals surface area contributed by atoms with E-state index in [1.54, 1.807) is 0 Å². The fourth-order valence-electron chi connectivity index (χ4n) is 1.95. The summed E-state index contributed by atoms with van der Waals surface area (Å²) < 4.78 is 4.96. The van der Waals surface area contributed by atoms with E-state index < -0.39 is 16.9 Å². The molecule has 20 heavy (non-hydrogen) atoms. The lowest BCUT2D eigenvalue weighted by Crippen LogP contribution is -2.48. The van der Waals surface area contributed by atoms with Crippen molar-refractivity contribution in [3.05, 3.63) is 22.2 Å². The Balaban J connectivity index is 2.47. The molecule has 0 spiro atoms. The Hall–Kier alpha value is -2.03. The zero-order valence-corrected chi connectivity index (χ0v) is 11.5. The van der Waals surface area contributed by atoms with Crippen molar-refractivity contribution < 1.29 is 19.6 Å². The maximum absolute atomic E-state index is 11.3. The van der Waals surface area contributed by atoms with Crippen molar-refractivity contribution in [2.75, 3.05) is 30.1 Å². The van der Waals surface area contributed by atoms with Crippen LogP contribution in [0.15, 0.2) is 12.1 Å². The minimum Gasteiger partial charge on any atom is -0.481 e. The molecule has 2 rings (SSSR count). The lowest BCUT2D eigenvalue weighted by atomic mass is 10.2. The van der Waals surface area contributed by atoms with Crippen LogP contribution in [-0.2, 0) is 4.79 Å². The number of aliphatic carboxylic acids is 1. The minimum absolute atomic E-state index is 0.0436. The molecule has 0 aliphatic carbocycles. The van der Waals surface area contributed by atoms with Crippen LogP contribution >= 0.6 is 11.8 Å². The van der Waals surface area contributed by atoms with Crippen LogP contribution in [0.5, 0.6) is 5.88 Å². The van der Waals surface area contributed by atoms with Crippen LogP contribution in [0.1, 0.15) is 0 Å². The van der Waals surface area contributed by atoms with E-state index >= 15 is 0 Å². The molecule has 0 saturated carbocycles. The van der Waals surface area contributed by atoms with E-state index in [-0.39, 0.29) is 17.4 Å². The first kappa shape index (κ1) is 14.4. The summed E-state index contributed by atoms with van der Waals surface area (Å²) in [6, 6.07) is 1.84. The van der Waals surface area contributed by atoms with Crippen LogP contribution in [0, 0.1) is 10.1 Å². The van der Waals surface area contributed by atoms with Crippen molar-refractivity contribution in [1.82, 2.24) is 4.98 Å². The summed E-state index contributed by atoms with van der Waals surface area (Å²) in [5.74, 6) is 0.303. The SMILES string of the molecule is COc1ccc([N+](=O)[O-])c(N2CCSCC2C(=O)O)n1. The fourth-order valence-corrected chi connectivity index (χ4v) is 2.99. The second-order valence-electron chi connectivity index (χ2n) is 4.08. The molecule has 0 bridgehead atoms. The molecule has 0 radical (unpaired) electrons. The number of pyridine rings is 1. The van der Waals surface area contributed by atoms with Gasteiger partial charge >= 0.3 is 11.7 Å². The van der Waals surface area contributed by atoms with Crippen molar-refractivity contribution in [3.8, 4) is 5.88 Å². The van der Waals surface area contributed by atoms with E-state index in [2.05, 4.69) is 4.98 Å². The number of ether oxygens (including phenoxy) is 1. The van der Waals surface area contributed by atoms with Crippen molar-refractivity contribution in [3.63, 3.8) is 0 Å². The quantitative estimate of drug-likeness (QED) is 0.648. The van der Waals surface area contributed by atoms with E-state index in [0.717, 1.165) is 0 Å². The number of carboxylic acid groups (broad SMARTS) is 1. The number of thioether (sulfide) groups is 1. The van der Waals surface area contributed by atoms with Gasteiger partial charge in [0.1, 0.15) is 6.04 Å². The molecular formula is C11H13N3O5S. The number of rotatable bonds is 4. The van der Waals surface area contributed by atoms with Gasteiger partial charge in [0.25, 0.3) is 0 Å². The van der Waals surface area contributed by atoms with Gasteiger partial charge in [0.15, 0.2) is 0 Å². The largest absolute Gasteiger partial charge is 0.481 e. The highest BCUT2D eigenvalue weighted by Crippen LogP contribution is 2.32. The highest BCUT2D eigenvalue weighted by atomic mass is 32.2. The third-order valence-corrected chi connectivity index (χ3v) is 3.94. The molecule has 0 aromatic carbocycles. The molecule has 108 valence electrons. The molecule has 1 aromatic heterocycles. The van der Waals surface area contributed by atoms with Crippen LogP contribution in [-0.4, -0.2) is 52.2 Å². The summed E-state index contributed by atoms with van der Waals surface area (Å²) in [6.45, 7) is 0.392. The van der Waals surface area contributed by atoms with Crippen molar-refractivity contribution in [2.45, 2.75) is 6.04 Å². The van der Waals surface area contributed by atoms with Crippen molar-refractivity contribution in [2.24, 2.45) is 0 Å². The van der Waals surface area contributed by atoms with Gasteiger partial charge in [-0.25, -0.2) is 4.79 Å². The number of nitrogens with zero attached hydrogens (tertiary/aromatic N) is 3. The van der Waals surface area contributed by atoms with Gasteiger partial charge in [0.2, 0.25) is 11.7 Å². The van der Waals surface area contributed by atoms with Gasteiger partial charge in [0.05, 0.1) is 12.0 Å². The molecule has 9 heteroatoms. The van der Waals surface area contributed by atoms with Crippen molar-refractivity contribution in [1.29, 1.82) is 0 Å². The molecule has 8 nitrogen and oxygen atoms in total. The number of aromatic nitrogens is 1. The molecule has 2 heterocycles. The lowest BCUT2D eigenvalue weighted by molar-refractivity contribution is -0.384. The molecule has 1 unspecified atom stereocenters. The summed E-state index contributed by atoms with van der Waals surface area (Å²) in [6.07, 6.45) is 0. The Morgan fingerprint density at radius 3 is 3.00 bits per heavy atom. The van der Waals surface area contributed by atoms with Gasteiger partial charge in [-0.05, 0) is 0 Å². The van der Waals surface area contributed by atoms with Gasteiger partial charge in [-0.3, -0.25) is 10.1 Å². The summed E-state index contributed by atoms with van der Waals surface area (Å²) in [5, 5.41) is 20.3. The maximum atomic E-state index is 11.3. The number of anilines is 1. The second-order valence-corrected chi connectivity index (χ2v) is 5.23. The van der Waals surface area contributed by atoms with Crippen LogP contribution in [0.2, 0.25) is 0 Å². The highest BCUT2D eigenvalue weighted by molar-refractivity contribution is 7.99. The number of hydrogen-bond donors (Lipinski definition) is 1. The van der Waals surface area contributed by atoms with Crippen LogP contribution in [0.3, 0.4) is 0 Å². The third kappa shape index (κ3) is 2.77. The van der Waals surface area contributed by atoms with E-state index in [9.17, 15) is 20.0 Å². The van der Waals surface area contributed by atoms with E-state index in [0.29, 0.717) is 18.1 Å². The predicted octanol–water partition coefficient (Wildman–Crippen LogP) is 1.00. The number of hydrogen-bond acceptors (Lipinski definition) is 7. The Morgan fingerprint density at radius 1 is 1.65 bits per heavy atom. The van der Waals surface area contributed by atoms with Gasteiger partial charge in [-0.15, -0.1) is 0 Å². The molecule has 1 saturated heterocycles. The predicted molar refractivity (Wildman–Crippen MR) is 73.5 cm³/mol. The maximum Gasteiger partial charge on any atom is 0.327 e. The summed E-state index contributed by atoms with van der Waals surface area (Å²) in [7, 11) is 1.40. The number of carbonyl (C=O) groups is 1. The van der Waals surface area contributed by atoms with Crippen LogP contribution in [0.4, 0.5) is 11.5 Å². The Morgan fingerprint density at radius 2 is 2.40 bits per heavy atom.